The van der Waals surface area contributed by atoms with Gasteiger partial charge in [0.15, 0.2) is 0 Å². The summed E-state index contributed by atoms with van der Waals surface area (Å²) in [5.41, 5.74) is -0.644. The van der Waals surface area contributed by atoms with Gasteiger partial charge in [0.05, 0.1) is 17.6 Å². The fraction of sp³-hybridized carbons (Fsp3) is 0.533. The number of halogens is 3. The molecule has 2 rings (SSSR count). The highest BCUT2D eigenvalue weighted by molar-refractivity contribution is 5.32. The van der Waals surface area contributed by atoms with Crippen molar-refractivity contribution in [1.82, 2.24) is 0 Å². The van der Waals surface area contributed by atoms with Gasteiger partial charge in [-0.1, -0.05) is 31.4 Å². The Hall–Kier alpha value is -1.74. The highest BCUT2D eigenvalue weighted by Crippen LogP contribution is 2.46. The lowest BCUT2D eigenvalue weighted by Gasteiger charge is -2.35. The fourth-order valence-corrected chi connectivity index (χ4v) is 2.83. The number of hydrogen-bond donors (Lipinski definition) is 1. The van der Waals surface area contributed by atoms with Crippen LogP contribution >= 0.6 is 0 Å². The van der Waals surface area contributed by atoms with Crippen LogP contribution in [0.2, 0.25) is 0 Å². The van der Waals surface area contributed by atoms with Gasteiger partial charge in [-0.2, -0.15) is 5.26 Å². The van der Waals surface area contributed by atoms with Crippen molar-refractivity contribution in [2.45, 2.75) is 44.6 Å². The molecule has 1 aliphatic rings. The van der Waals surface area contributed by atoms with Crippen molar-refractivity contribution in [3.63, 3.8) is 0 Å². The van der Waals surface area contributed by atoms with Crippen LogP contribution in [0.1, 0.15) is 43.8 Å². The van der Waals surface area contributed by atoms with Crippen LogP contribution in [-0.4, -0.2) is 11.5 Å². The molecule has 1 aliphatic carbocycles. The van der Waals surface area contributed by atoms with Crippen LogP contribution in [0.4, 0.5) is 13.2 Å². The summed E-state index contributed by atoms with van der Waals surface area (Å²) in [6.45, 7) is 0. The van der Waals surface area contributed by atoms with E-state index in [1.54, 1.807) is 0 Å². The average Bonchev–Trinajstić information content (AvgIpc) is 2.45. The van der Waals surface area contributed by atoms with E-state index < -0.39 is 17.9 Å². The largest absolute Gasteiger partial charge is 0.573 e. The minimum Gasteiger partial charge on any atom is -0.406 e. The Morgan fingerprint density at radius 1 is 1.24 bits per heavy atom. The Bertz CT molecular complexity index is 530. The molecule has 1 aromatic carbocycles. The normalized spacial score (nSPS) is 19.6. The average molecular weight is 299 g/mol. The van der Waals surface area contributed by atoms with Crippen molar-refractivity contribution >= 4 is 0 Å². The topological polar surface area (TPSA) is 53.2 Å². The molecule has 1 aromatic rings. The summed E-state index contributed by atoms with van der Waals surface area (Å²) < 4.78 is 40.6. The minimum absolute atomic E-state index is 0.278. The molecule has 0 aliphatic heterocycles. The number of nitrogens with zero attached hydrogens (tertiary/aromatic N) is 1. The molecule has 0 spiro atoms. The van der Waals surface area contributed by atoms with Crippen LogP contribution in [0.5, 0.6) is 5.75 Å². The number of aliphatic hydroxyl groups is 1. The van der Waals surface area contributed by atoms with E-state index >= 15 is 0 Å². The molecule has 1 atom stereocenters. The molecule has 114 valence electrons. The summed E-state index contributed by atoms with van der Waals surface area (Å²) in [5, 5.41) is 19.9. The Kier molecular flexibility index (Phi) is 4.43. The minimum atomic E-state index is -4.78. The monoisotopic (exact) mass is 299 g/mol. The molecule has 3 nitrogen and oxygen atoms in total. The molecule has 0 heterocycles. The molecule has 1 unspecified atom stereocenters. The molecule has 0 radical (unpaired) electrons. The molecular weight excluding hydrogens is 283 g/mol. The molecule has 6 heteroatoms. The smallest absolute Gasteiger partial charge is 0.406 e. The maximum absolute atomic E-state index is 12.2. The van der Waals surface area contributed by atoms with Gasteiger partial charge in [-0.15, -0.1) is 13.2 Å². The SMILES string of the molecule is N#CC1(C(O)c2cccc(OC(F)(F)F)c2)CCCCC1. The molecule has 0 saturated heterocycles. The fourth-order valence-electron chi connectivity index (χ4n) is 2.83. The van der Waals surface area contributed by atoms with Gasteiger partial charge in [-0.25, -0.2) is 0 Å². The van der Waals surface area contributed by atoms with E-state index in [9.17, 15) is 23.5 Å². The van der Waals surface area contributed by atoms with Crippen molar-refractivity contribution in [3.8, 4) is 11.8 Å². The van der Waals surface area contributed by atoms with Crippen molar-refractivity contribution in [3.05, 3.63) is 29.8 Å². The van der Waals surface area contributed by atoms with E-state index in [1.807, 2.05) is 0 Å². The second-order valence-corrected chi connectivity index (χ2v) is 5.35. The first-order valence-corrected chi connectivity index (χ1v) is 6.81. The zero-order valence-corrected chi connectivity index (χ0v) is 11.4. The Labute approximate surface area is 121 Å². The van der Waals surface area contributed by atoms with Gasteiger partial charge in [-0.3, -0.25) is 0 Å². The number of benzene rings is 1. The van der Waals surface area contributed by atoms with Crippen molar-refractivity contribution < 1.29 is 23.0 Å². The Morgan fingerprint density at radius 2 is 1.90 bits per heavy atom. The summed E-state index contributed by atoms with van der Waals surface area (Å²) in [7, 11) is 0. The van der Waals surface area contributed by atoms with E-state index in [0.717, 1.165) is 25.3 Å². The predicted octanol–water partition coefficient (Wildman–Crippen LogP) is 4.09. The first kappa shape index (κ1) is 15.6. The van der Waals surface area contributed by atoms with Gasteiger partial charge >= 0.3 is 6.36 Å². The van der Waals surface area contributed by atoms with Crippen LogP contribution in [0.25, 0.3) is 0 Å². The summed E-state index contributed by atoms with van der Waals surface area (Å²) in [5.74, 6) is -0.386. The van der Waals surface area contributed by atoms with Gasteiger partial charge in [0.1, 0.15) is 5.75 Å². The first-order valence-electron chi connectivity index (χ1n) is 6.81. The molecular formula is C15H16F3NO2. The lowest BCUT2D eigenvalue weighted by molar-refractivity contribution is -0.274. The number of rotatable bonds is 3. The van der Waals surface area contributed by atoms with Gasteiger partial charge in [0, 0.05) is 0 Å². The molecule has 1 N–H and O–H groups in total. The van der Waals surface area contributed by atoms with Crippen LogP contribution < -0.4 is 4.74 Å². The van der Waals surface area contributed by atoms with Crippen molar-refractivity contribution in [2.75, 3.05) is 0 Å². The third-order valence-electron chi connectivity index (χ3n) is 3.90. The third-order valence-corrected chi connectivity index (χ3v) is 3.90. The van der Waals surface area contributed by atoms with E-state index in [4.69, 9.17) is 0 Å². The van der Waals surface area contributed by atoms with Crippen LogP contribution in [0.3, 0.4) is 0 Å². The lowest BCUT2D eigenvalue weighted by atomic mass is 9.69. The second kappa shape index (κ2) is 5.94. The van der Waals surface area contributed by atoms with Gasteiger partial charge < -0.3 is 9.84 Å². The van der Waals surface area contributed by atoms with Crippen LogP contribution in [0.15, 0.2) is 24.3 Å². The quantitative estimate of drug-likeness (QED) is 0.914. The van der Waals surface area contributed by atoms with Gasteiger partial charge in [0.25, 0.3) is 0 Å². The lowest BCUT2D eigenvalue weighted by Crippen LogP contribution is -2.30. The van der Waals surface area contributed by atoms with Gasteiger partial charge in [-0.05, 0) is 30.5 Å². The molecule has 1 saturated carbocycles. The maximum atomic E-state index is 12.2. The summed E-state index contributed by atoms with van der Waals surface area (Å²) in [6, 6.07) is 7.38. The second-order valence-electron chi connectivity index (χ2n) is 5.35. The van der Waals surface area contributed by atoms with Crippen molar-refractivity contribution in [1.29, 1.82) is 5.26 Å². The van der Waals surface area contributed by atoms with E-state index in [1.165, 1.54) is 18.2 Å². The molecule has 1 fully saturated rings. The van der Waals surface area contributed by atoms with Crippen LogP contribution in [-0.2, 0) is 0 Å². The molecule has 21 heavy (non-hydrogen) atoms. The number of aliphatic hydroxyl groups excluding tert-OH is 1. The third kappa shape index (κ3) is 3.67. The van der Waals surface area contributed by atoms with E-state index in [0.29, 0.717) is 12.8 Å². The summed E-state index contributed by atoms with van der Waals surface area (Å²) >= 11 is 0. The zero-order chi connectivity index (χ0) is 15.5. The number of ether oxygens (including phenoxy) is 1. The summed E-state index contributed by atoms with van der Waals surface area (Å²) in [6.07, 6.45) is -2.11. The van der Waals surface area contributed by atoms with Crippen LogP contribution in [0, 0.1) is 16.7 Å². The van der Waals surface area contributed by atoms with E-state index in [2.05, 4.69) is 10.8 Å². The number of alkyl halides is 3. The van der Waals surface area contributed by atoms with E-state index in [-0.39, 0.29) is 11.3 Å². The number of hydrogen-bond acceptors (Lipinski definition) is 3. The maximum Gasteiger partial charge on any atom is 0.573 e. The standard InChI is InChI=1S/C15H16F3NO2/c16-15(17,18)21-12-6-4-5-11(9-12)13(20)14(10-19)7-2-1-3-8-14/h4-6,9,13,20H,1-3,7-8H2. The molecule has 0 bridgehead atoms. The van der Waals surface area contributed by atoms with Crippen molar-refractivity contribution in [2.24, 2.45) is 5.41 Å². The Morgan fingerprint density at radius 3 is 2.48 bits per heavy atom. The highest BCUT2D eigenvalue weighted by Gasteiger charge is 2.40. The Balaban J connectivity index is 2.24. The summed E-state index contributed by atoms with van der Waals surface area (Å²) in [4.78, 5) is 0. The first-order chi connectivity index (χ1) is 9.86. The number of nitriles is 1. The predicted molar refractivity (Wildman–Crippen MR) is 69.2 cm³/mol. The molecule has 0 aromatic heterocycles. The zero-order valence-electron chi connectivity index (χ0n) is 11.4. The molecule has 0 amide bonds. The highest BCUT2D eigenvalue weighted by atomic mass is 19.4. The van der Waals surface area contributed by atoms with Gasteiger partial charge in [0.2, 0.25) is 0 Å².